The number of hydrogen-bond donors (Lipinski definition) is 0. The van der Waals surface area contributed by atoms with Crippen LogP contribution in [0, 0.1) is 0 Å². The Morgan fingerprint density at radius 3 is 1.78 bits per heavy atom. The van der Waals surface area contributed by atoms with Crippen LogP contribution in [0.5, 0.6) is 0 Å². The second kappa shape index (κ2) is 2.24. The smallest absolute Gasteiger partial charge is 0.291 e. The Labute approximate surface area is 58.6 Å². The van der Waals surface area contributed by atoms with Crippen LogP contribution in [0.1, 0.15) is 13.8 Å². The van der Waals surface area contributed by atoms with Crippen LogP contribution in [-0.2, 0) is 13.6 Å². The SMILES string of the molecule is CC1OP(=O)(Cl)OC1C. The molecule has 0 aromatic carbocycles. The quantitative estimate of drug-likeness (QED) is 0.523. The van der Waals surface area contributed by atoms with E-state index in [9.17, 15) is 4.57 Å². The molecule has 0 bridgehead atoms. The first kappa shape index (κ1) is 7.55. The highest BCUT2D eigenvalue weighted by atomic mass is 35.7. The van der Waals surface area contributed by atoms with Gasteiger partial charge in [0.25, 0.3) is 0 Å². The molecule has 1 fully saturated rings. The van der Waals surface area contributed by atoms with Gasteiger partial charge in [-0.3, -0.25) is 9.05 Å². The monoisotopic (exact) mass is 170 g/mol. The molecule has 0 aromatic rings. The fraction of sp³-hybridized carbons (Fsp3) is 1.00. The maximum atomic E-state index is 10.8. The molecule has 1 aliphatic heterocycles. The van der Waals surface area contributed by atoms with Gasteiger partial charge in [-0.15, -0.1) is 0 Å². The minimum atomic E-state index is -3.18. The van der Waals surface area contributed by atoms with E-state index in [1.807, 2.05) is 0 Å². The standard InChI is InChI=1S/C4H8ClO3P/c1-3-4(2)8-9(5,6)7-3/h3-4H,1-2H3. The lowest BCUT2D eigenvalue weighted by Gasteiger charge is -2.00. The summed E-state index contributed by atoms with van der Waals surface area (Å²) in [6.45, 7) is 0.358. The van der Waals surface area contributed by atoms with E-state index in [0.717, 1.165) is 0 Å². The van der Waals surface area contributed by atoms with E-state index in [-0.39, 0.29) is 12.2 Å². The van der Waals surface area contributed by atoms with Gasteiger partial charge in [0.05, 0.1) is 12.2 Å². The molecular formula is C4H8ClO3P. The Morgan fingerprint density at radius 1 is 1.33 bits per heavy atom. The summed E-state index contributed by atoms with van der Waals surface area (Å²) in [7, 11) is 0. The van der Waals surface area contributed by atoms with E-state index < -0.39 is 6.95 Å². The molecule has 0 saturated carbocycles. The average molecular weight is 171 g/mol. The molecule has 2 unspecified atom stereocenters. The van der Waals surface area contributed by atoms with Gasteiger partial charge in [0.2, 0.25) is 0 Å². The van der Waals surface area contributed by atoms with Gasteiger partial charge in [-0.1, -0.05) is 0 Å². The topological polar surface area (TPSA) is 35.5 Å². The zero-order valence-electron chi connectivity index (χ0n) is 5.20. The summed E-state index contributed by atoms with van der Waals surface area (Å²) >= 11 is 5.27. The van der Waals surface area contributed by atoms with Crippen molar-refractivity contribution in [1.82, 2.24) is 0 Å². The highest BCUT2D eigenvalue weighted by molar-refractivity contribution is 7.81. The van der Waals surface area contributed by atoms with Crippen LogP contribution in [0.25, 0.3) is 0 Å². The molecule has 1 saturated heterocycles. The molecule has 9 heavy (non-hydrogen) atoms. The van der Waals surface area contributed by atoms with Crippen molar-refractivity contribution in [3.8, 4) is 0 Å². The first-order chi connectivity index (χ1) is 4.01. The molecule has 2 atom stereocenters. The van der Waals surface area contributed by atoms with Gasteiger partial charge in [-0.25, -0.2) is 4.57 Å². The van der Waals surface area contributed by atoms with Crippen LogP contribution in [0.4, 0.5) is 0 Å². The molecule has 0 aliphatic carbocycles. The molecule has 3 nitrogen and oxygen atoms in total. The van der Waals surface area contributed by atoms with Gasteiger partial charge in [-0.05, 0) is 13.8 Å². The van der Waals surface area contributed by atoms with Gasteiger partial charge in [0.15, 0.2) is 0 Å². The maximum absolute atomic E-state index is 10.8. The lowest BCUT2D eigenvalue weighted by Crippen LogP contribution is -2.13. The van der Waals surface area contributed by atoms with Crippen LogP contribution in [-0.4, -0.2) is 12.2 Å². The Bertz CT molecular complexity index is 146. The molecule has 0 aromatic heterocycles. The molecule has 0 amide bonds. The molecule has 0 radical (unpaired) electrons. The van der Waals surface area contributed by atoms with Crippen molar-refractivity contribution in [2.45, 2.75) is 26.1 Å². The first-order valence-corrected chi connectivity index (χ1v) is 5.12. The highest BCUT2D eigenvalue weighted by Gasteiger charge is 2.37. The van der Waals surface area contributed by atoms with Gasteiger partial charge < -0.3 is 0 Å². The van der Waals surface area contributed by atoms with E-state index in [1.165, 1.54) is 0 Å². The van der Waals surface area contributed by atoms with E-state index in [4.69, 9.17) is 20.3 Å². The van der Waals surface area contributed by atoms with Crippen molar-refractivity contribution in [2.75, 3.05) is 0 Å². The van der Waals surface area contributed by atoms with Gasteiger partial charge in [0.1, 0.15) is 0 Å². The van der Waals surface area contributed by atoms with Crippen molar-refractivity contribution in [2.24, 2.45) is 0 Å². The molecular weight excluding hydrogens is 162 g/mol. The second-order valence-corrected chi connectivity index (χ2v) is 4.58. The molecule has 1 heterocycles. The van der Waals surface area contributed by atoms with E-state index in [0.29, 0.717) is 0 Å². The van der Waals surface area contributed by atoms with Crippen LogP contribution in [0.2, 0.25) is 0 Å². The normalized spacial score (nSPS) is 51.9. The number of halogens is 1. The molecule has 1 rings (SSSR count). The predicted molar refractivity (Wildman–Crippen MR) is 34.6 cm³/mol. The van der Waals surface area contributed by atoms with Crippen LogP contribution in [0.15, 0.2) is 0 Å². The molecule has 54 valence electrons. The third kappa shape index (κ3) is 1.68. The fourth-order valence-corrected chi connectivity index (χ4v) is 2.53. The molecule has 0 spiro atoms. The van der Waals surface area contributed by atoms with Crippen molar-refractivity contribution in [3.05, 3.63) is 0 Å². The summed E-state index contributed by atoms with van der Waals surface area (Å²) in [6, 6.07) is 0. The summed E-state index contributed by atoms with van der Waals surface area (Å²) in [5, 5.41) is 0. The van der Waals surface area contributed by atoms with Gasteiger partial charge >= 0.3 is 6.95 Å². The Hall–Kier alpha value is 0.440. The fourth-order valence-electron chi connectivity index (χ4n) is 0.593. The Kier molecular flexibility index (Phi) is 1.88. The highest BCUT2D eigenvalue weighted by Crippen LogP contribution is 2.60. The molecule has 5 heteroatoms. The van der Waals surface area contributed by atoms with E-state index in [1.54, 1.807) is 13.8 Å². The van der Waals surface area contributed by atoms with E-state index in [2.05, 4.69) is 0 Å². The van der Waals surface area contributed by atoms with Crippen molar-refractivity contribution < 1.29 is 13.6 Å². The average Bonchev–Trinajstić information content (AvgIpc) is 1.79. The van der Waals surface area contributed by atoms with Gasteiger partial charge in [-0.2, -0.15) is 0 Å². The maximum Gasteiger partial charge on any atom is 0.424 e. The summed E-state index contributed by atoms with van der Waals surface area (Å²) in [6.07, 6.45) is -0.318. The predicted octanol–water partition coefficient (Wildman–Crippen LogP) is 2.16. The lowest BCUT2D eigenvalue weighted by molar-refractivity contribution is 0.187. The second-order valence-electron chi connectivity index (χ2n) is 2.05. The van der Waals surface area contributed by atoms with Crippen molar-refractivity contribution in [3.63, 3.8) is 0 Å². The van der Waals surface area contributed by atoms with Gasteiger partial charge in [0, 0.05) is 11.2 Å². The minimum Gasteiger partial charge on any atom is -0.291 e. The largest absolute Gasteiger partial charge is 0.424 e. The summed E-state index contributed by atoms with van der Waals surface area (Å²) < 4.78 is 20.3. The third-order valence-corrected chi connectivity index (χ3v) is 2.89. The summed E-state index contributed by atoms with van der Waals surface area (Å²) in [4.78, 5) is 0. The van der Waals surface area contributed by atoms with Crippen LogP contribution in [0.3, 0.4) is 0 Å². The Balaban J connectivity index is 2.65. The zero-order chi connectivity index (χ0) is 7.07. The number of hydrogen-bond acceptors (Lipinski definition) is 3. The van der Waals surface area contributed by atoms with Crippen molar-refractivity contribution >= 4 is 18.2 Å². The zero-order valence-corrected chi connectivity index (χ0v) is 6.85. The summed E-state index contributed by atoms with van der Waals surface area (Å²) in [5.74, 6) is 0. The minimum absolute atomic E-state index is 0.159. The molecule has 0 N–H and O–H groups in total. The van der Waals surface area contributed by atoms with Crippen LogP contribution >= 0.6 is 18.2 Å². The first-order valence-electron chi connectivity index (χ1n) is 2.68. The summed E-state index contributed by atoms with van der Waals surface area (Å²) in [5.41, 5.74) is 0. The number of rotatable bonds is 0. The molecule has 1 aliphatic rings. The Morgan fingerprint density at radius 2 is 1.67 bits per heavy atom. The lowest BCUT2D eigenvalue weighted by atomic mass is 10.3. The third-order valence-electron chi connectivity index (χ3n) is 1.25. The van der Waals surface area contributed by atoms with E-state index >= 15 is 0 Å². The van der Waals surface area contributed by atoms with Crippen molar-refractivity contribution in [1.29, 1.82) is 0 Å². The van der Waals surface area contributed by atoms with Crippen LogP contribution < -0.4 is 0 Å².